The summed E-state index contributed by atoms with van der Waals surface area (Å²) >= 11 is 0.455. The van der Waals surface area contributed by atoms with Gasteiger partial charge in [-0.15, -0.1) is 10.2 Å². The summed E-state index contributed by atoms with van der Waals surface area (Å²) in [6, 6.07) is 0. The number of aryl methyl sites for hydroxylation is 1. The van der Waals surface area contributed by atoms with Gasteiger partial charge in [0.2, 0.25) is 16.0 Å². The molecule has 0 saturated carbocycles. The second-order valence-corrected chi connectivity index (χ2v) is 4.30. The third-order valence-electron chi connectivity index (χ3n) is 1.85. The summed E-state index contributed by atoms with van der Waals surface area (Å²) in [6.07, 6.45) is -4.05. The molecule has 0 unspecified atom stereocenters. The van der Waals surface area contributed by atoms with E-state index in [1.165, 1.54) is 0 Å². The van der Waals surface area contributed by atoms with E-state index in [0.29, 0.717) is 36.0 Å². The van der Waals surface area contributed by atoms with Crippen molar-refractivity contribution in [2.75, 3.05) is 11.9 Å². The van der Waals surface area contributed by atoms with Gasteiger partial charge in [0.25, 0.3) is 0 Å². The van der Waals surface area contributed by atoms with E-state index in [4.69, 9.17) is 4.52 Å². The molecule has 98 valence electrons. The number of hydrogen-bond donors (Lipinski definition) is 1. The van der Waals surface area contributed by atoms with Crippen molar-refractivity contribution in [1.82, 2.24) is 20.3 Å². The minimum Gasteiger partial charge on any atom is -0.360 e. The molecule has 10 heteroatoms. The maximum Gasteiger partial charge on any atom is 0.445 e. The van der Waals surface area contributed by atoms with E-state index in [1.54, 1.807) is 6.92 Å². The number of aromatic nitrogens is 4. The highest BCUT2D eigenvalue weighted by atomic mass is 32.1. The van der Waals surface area contributed by atoms with Crippen molar-refractivity contribution < 1.29 is 17.7 Å². The maximum absolute atomic E-state index is 12.2. The molecule has 18 heavy (non-hydrogen) atoms. The maximum atomic E-state index is 12.2. The van der Waals surface area contributed by atoms with E-state index in [9.17, 15) is 13.2 Å². The molecule has 0 fully saturated rings. The first-order valence-corrected chi connectivity index (χ1v) is 5.70. The van der Waals surface area contributed by atoms with Crippen LogP contribution in [0.2, 0.25) is 0 Å². The molecule has 0 aliphatic heterocycles. The van der Waals surface area contributed by atoms with E-state index < -0.39 is 11.2 Å². The first-order valence-electron chi connectivity index (χ1n) is 4.89. The Kier molecular flexibility index (Phi) is 3.45. The predicted octanol–water partition coefficient (Wildman–Crippen LogP) is 1.90. The Labute approximate surface area is 103 Å². The lowest BCUT2D eigenvalue weighted by atomic mass is 10.4. The molecule has 0 bridgehead atoms. The minimum absolute atomic E-state index is 0.110. The quantitative estimate of drug-likeness (QED) is 0.921. The third-order valence-corrected chi connectivity index (χ3v) is 2.78. The van der Waals surface area contributed by atoms with Crippen molar-refractivity contribution in [3.63, 3.8) is 0 Å². The Bertz CT molecular complexity index is 523. The Balaban J connectivity index is 1.85. The van der Waals surface area contributed by atoms with Gasteiger partial charge in [0.05, 0.1) is 0 Å². The summed E-state index contributed by atoms with van der Waals surface area (Å²) in [6.45, 7) is 2.02. The molecular weight excluding hydrogens is 271 g/mol. The molecule has 0 radical (unpaired) electrons. The largest absolute Gasteiger partial charge is 0.445 e. The number of rotatable bonds is 4. The lowest BCUT2D eigenvalue weighted by molar-refractivity contribution is -0.138. The normalized spacial score (nSPS) is 11.8. The van der Waals surface area contributed by atoms with Gasteiger partial charge in [-0.05, 0) is 6.92 Å². The SMILES string of the molecule is Cc1noc(CCNc2nnc(C(F)(F)F)s2)n1. The average molecular weight is 279 g/mol. The highest BCUT2D eigenvalue weighted by Gasteiger charge is 2.35. The van der Waals surface area contributed by atoms with E-state index in [1.807, 2.05) is 0 Å². The van der Waals surface area contributed by atoms with Crippen LogP contribution in [0.25, 0.3) is 0 Å². The Morgan fingerprint density at radius 2 is 2.11 bits per heavy atom. The number of hydrogen-bond acceptors (Lipinski definition) is 7. The minimum atomic E-state index is -4.46. The van der Waals surface area contributed by atoms with Crippen LogP contribution in [-0.2, 0) is 12.6 Å². The highest BCUT2D eigenvalue weighted by molar-refractivity contribution is 7.15. The summed E-state index contributed by atoms with van der Waals surface area (Å²) in [4.78, 5) is 3.96. The summed E-state index contributed by atoms with van der Waals surface area (Å²) in [5, 5.41) is 11.9. The van der Waals surface area contributed by atoms with Crippen molar-refractivity contribution in [3.8, 4) is 0 Å². The number of nitrogens with zero attached hydrogens (tertiary/aromatic N) is 4. The van der Waals surface area contributed by atoms with Crippen molar-refractivity contribution >= 4 is 16.5 Å². The zero-order chi connectivity index (χ0) is 13.2. The van der Waals surface area contributed by atoms with E-state index in [-0.39, 0.29) is 5.13 Å². The van der Waals surface area contributed by atoms with E-state index >= 15 is 0 Å². The average Bonchev–Trinajstić information content (AvgIpc) is 2.87. The molecule has 0 aliphatic rings. The highest BCUT2D eigenvalue weighted by Crippen LogP contribution is 2.32. The van der Waals surface area contributed by atoms with Gasteiger partial charge in [0.15, 0.2) is 5.82 Å². The first-order chi connectivity index (χ1) is 8.45. The van der Waals surface area contributed by atoms with Gasteiger partial charge in [-0.2, -0.15) is 18.2 Å². The van der Waals surface area contributed by atoms with E-state index in [0.717, 1.165) is 0 Å². The van der Waals surface area contributed by atoms with Crippen LogP contribution >= 0.6 is 11.3 Å². The predicted molar refractivity (Wildman–Crippen MR) is 56.1 cm³/mol. The van der Waals surface area contributed by atoms with Crippen molar-refractivity contribution in [2.45, 2.75) is 19.5 Å². The molecule has 2 rings (SSSR count). The van der Waals surface area contributed by atoms with Crippen LogP contribution in [0.4, 0.5) is 18.3 Å². The lowest BCUT2D eigenvalue weighted by Crippen LogP contribution is -2.04. The molecule has 6 nitrogen and oxygen atoms in total. The molecule has 1 N–H and O–H groups in total. The monoisotopic (exact) mass is 279 g/mol. The van der Waals surface area contributed by atoms with Crippen molar-refractivity contribution in [2.24, 2.45) is 0 Å². The standard InChI is InChI=1S/C8H8F3N5OS/c1-4-13-5(17-16-4)2-3-12-7-15-14-6(18-7)8(9,10)11/h2-3H2,1H3,(H,12,15). The number of halogens is 3. The smallest absolute Gasteiger partial charge is 0.360 e. The van der Waals surface area contributed by atoms with Crippen LogP contribution < -0.4 is 5.32 Å². The summed E-state index contributed by atoms with van der Waals surface area (Å²) in [5.41, 5.74) is 0. The number of anilines is 1. The fourth-order valence-electron chi connectivity index (χ4n) is 1.13. The fourth-order valence-corrected chi connectivity index (χ4v) is 1.76. The van der Waals surface area contributed by atoms with Crippen LogP contribution in [0.1, 0.15) is 16.7 Å². The van der Waals surface area contributed by atoms with Crippen LogP contribution in [-0.4, -0.2) is 26.9 Å². The zero-order valence-electron chi connectivity index (χ0n) is 9.15. The van der Waals surface area contributed by atoms with Crippen LogP contribution in [0.3, 0.4) is 0 Å². The Morgan fingerprint density at radius 1 is 1.33 bits per heavy atom. The molecule has 0 aliphatic carbocycles. The van der Waals surface area contributed by atoms with E-state index in [2.05, 4.69) is 25.7 Å². The molecule has 0 saturated heterocycles. The first kappa shape index (κ1) is 12.7. The number of alkyl halides is 3. The third kappa shape index (κ3) is 3.15. The molecule has 2 aromatic rings. The van der Waals surface area contributed by atoms with Crippen molar-refractivity contribution in [3.05, 3.63) is 16.7 Å². The Hall–Kier alpha value is -1.71. The van der Waals surface area contributed by atoms with Gasteiger partial charge < -0.3 is 9.84 Å². The molecule has 2 heterocycles. The van der Waals surface area contributed by atoms with Gasteiger partial charge in [0.1, 0.15) is 0 Å². The topological polar surface area (TPSA) is 76.7 Å². The van der Waals surface area contributed by atoms with Gasteiger partial charge in [0, 0.05) is 13.0 Å². The second-order valence-electron chi connectivity index (χ2n) is 3.32. The van der Waals surface area contributed by atoms with Gasteiger partial charge >= 0.3 is 6.18 Å². The molecular formula is C8H8F3N5OS. The number of nitrogens with one attached hydrogen (secondary N) is 1. The van der Waals surface area contributed by atoms with Gasteiger partial charge in [-0.3, -0.25) is 0 Å². The summed E-state index contributed by atoms with van der Waals surface area (Å²) in [5.74, 6) is 0.931. The molecule has 2 aromatic heterocycles. The zero-order valence-corrected chi connectivity index (χ0v) is 9.97. The van der Waals surface area contributed by atoms with Crippen molar-refractivity contribution in [1.29, 1.82) is 0 Å². The fraction of sp³-hybridized carbons (Fsp3) is 0.500. The second kappa shape index (κ2) is 4.88. The lowest BCUT2D eigenvalue weighted by Gasteiger charge is -1.99. The summed E-state index contributed by atoms with van der Waals surface area (Å²) < 4.78 is 41.6. The molecule has 0 spiro atoms. The molecule has 0 amide bonds. The molecule has 0 atom stereocenters. The van der Waals surface area contributed by atoms with Crippen LogP contribution in [0.15, 0.2) is 4.52 Å². The van der Waals surface area contributed by atoms with Crippen LogP contribution in [0.5, 0.6) is 0 Å². The molecule has 0 aromatic carbocycles. The Morgan fingerprint density at radius 3 is 2.67 bits per heavy atom. The van der Waals surface area contributed by atoms with Crippen LogP contribution in [0, 0.1) is 6.92 Å². The summed E-state index contributed by atoms with van der Waals surface area (Å²) in [7, 11) is 0. The van der Waals surface area contributed by atoms with Gasteiger partial charge in [-0.25, -0.2) is 0 Å². The van der Waals surface area contributed by atoms with Gasteiger partial charge in [-0.1, -0.05) is 16.5 Å².